The first-order chi connectivity index (χ1) is 12.6. The summed E-state index contributed by atoms with van der Waals surface area (Å²) in [5.74, 6) is 0.287. The maximum absolute atomic E-state index is 13.4. The van der Waals surface area contributed by atoms with Gasteiger partial charge in [0.05, 0.1) is 6.54 Å². The molecule has 1 saturated heterocycles. The van der Waals surface area contributed by atoms with Crippen molar-refractivity contribution in [2.75, 3.05) is 0 Å². The SMILES string of the molecule is Cc1nc(CN2C(=O)NC(c3ccccc3)(c3ccccc3)C2=O)no1. The molecule has 3 aromatic rings. The van der Waals surface area contributed by atoms with Crippen LogP contribution in [-0.2, 0) is 16.9 Å². The summed E-state index contributed by atoms with van der Waals surface area (Å²) in [7, 11) is 0. The Kier molecular flexibility index (Phi) is 3.76. The van der Waals surface area contributed by atoms with Crippen LogP contribution < -0.4 is 5.32 Å². The maximum Gasteiger partial charge on any atom is 0.325 e. The monoisotopic (exact) mass is 348 g/mol. The molecule has 0 saturated carbocycles. The molecule has 130 valence electrons. The van der Waals surface area contributed by atoms with Gasteiger partial charge in [-0.3, -0.25) is 9.69 Å². The number of rotatable bonds is 4. The van der Waals surface area contributed by atoms with E-state index < -0.39 is 11.6 Å². The number of imide groups is 1. The number of carbonyl (C=O) groups excluding carboxylic acids is 2. The normalized spacial score (nSPS) is 16.0. The Hall–Kier alpha value is -3.48. The highest BCUT2D eigenvalue weighted by Gasteiger charge is 2.53. The van der Waals surface area contributed by atoms with Gasteiger partial charge < -0.3 is 9.84 Å². The zero-order chi connectivity index (χ0) is 18.1. The van der Waals surface area contributed by atoms with Crippen LogP contribution in [0.15, 0.2) is 65.2 Å². The van der Waals surface area contributed by atoms with Crippen LogP contribution in [0.1, 0.15) is 22.8 Å². The van der Waals surface area contributed by atoms with Crippen molar-refractivity contribution >= 4 is 11.9 Å². The fraction of sp³-hybridized carbons (Fsp3) is 0.158. The third kappa shape index (κ3) is 2.45. The Morgan fingerprint density at radius 1 is 1.00 bits per heavy atom. The highest BCUT2D eigenvalue weighted by Crippen LogP contribution is 2.36. The van der Waals surface area contributed by atoms with E-state index in [1.807, 2.05) is 60.7 Å². The molecular formula is C19H16N4O3. The number of hydrogen-bond acceptors (Lipinski definition) is 5. The van der Waals surface area contributed by atoms with Crippen LogP contribution in [0.4, 0.5) is 4.79 Å². The predicted molar refractivity (Wildman–Crippen MR) is 91.8 cm³/mol. The van der Waals surface area contributed by atoms with E-state index in [-0.39, 0.29) is 18.3 Å². The second-order valence-corrected chi connectivity index (χ2v) is 6.03. The average Bonchev–Trinajstić information content (AvgIpc) is 3.20. The van der Waals surface area contributed by atoms with Gasteiger partial charge in [0.2, 0.25) is 5.89 Å². The number of urea groups is 1. The second-order valence-electron chi connectivity index (χ2n) is 6.03. The van der Waals surface area contributed by atoms with Crippen molar-refractivity contribution in [1.29, 1.82) is 0 Å². The molecule has 1 fully saturated rings. The van der Waals surface area contributed by atoms with E-state index in [1.165, 1.54) is 0 Å². The van der Waals surface area contributed by atoms with Gasteiger partial charge in [-0.1, -0.05) is 65.8 Å². The van der Waals surface area contributed by atoms with Crippen molar-refractivity contribution in [1.82, 2.24) is 20.4 Å². The molecular weight excluding hydrogens is 332 g/mol. The van der Waals surface area contributed by atoms with Crippen LogP contribution in [0.2, 0.25) is 0 Å². The van der Waals surface area contributed by atoms with Crippen LogP contribution in [0.25, 0.3) is 0 Å². The smallest absolute Gasteiger partial charge is 0.325 e. The average molecular weight is 348 g/mol. The zero-order valence-corrected chi connectivity index (χ0v) is 14.0. The van der Waals surface area contributed by atoms with Crippen LogP contribution in [-0.4, -0.2) is 27.0 Å². The molecule has 26 heavy (non-hydrogen) atoms. The molecule has 7 heteroatoms. The number of aryl methyl sites for hydroxylation is 1. The van der Waals surface area contributed by atoms with E-state index in [2.05, 4.69) is 15.5 Å². The van der Waals surface area contributed by atoms with Crippen molar-refractivity contribution in [3.8, 4) is 0 Å². The Balaban J connectivity index is 1.80. The fourth-order valence-electron chi connectivity index (χ4n) is 3.20. The summed E-state index contributed by atoms with van der Waals surface area (Å²) in [5.41, 5.74) is 0.103. The molecule has 0 radical (unpaired) electrons. The van der Waals surface area contributed by atoms with Crippen LogP contribution >= 0.6 is 0 Å². The zero-order valence-electron chi connectivity index (χ0n) is 14.0. The summed E-state index contributed by atoms with van der Waals surface area (Å²) in [6.45, 7) is 1.60. The molecule has 4 rings (SSSR count). The maximum atomic E-state index is 13.4. The quantitative estimate of drug-likeness (QED) is 0.731. The highest BCUT2D eigenvalue weighted by atomic mass is 16.5. The number of nitrogens with one attached hydrogen (secondary N) is 1. The number of aromatic nitrogens is 2. The molecule has 0 atom stereocenters. The van der Waals surface area contributed by atoms with Crippen LogP contribution in [0.3, 0.4) is 0 Å². The molecule has 2 aromatic carbocycles. The first kappa shape index (κ1) is 16.0. The Morgan fingerprint density at radius 3 is 2.08 bits per heavy atom. The van der Waals surface area contributed by atoms with E-state index in [0.29, 0.717) is 17.0 Å². The summed E-state index contributed by atoms with van der Waals surface area (Å²) in [6, 6.07) is 17.9. The van der Waals surface area contributed by atoms with Crippen molar-refractivity contribution in [3.63, 3.8) is 0 Å². The summed E-state index contributed by atoms with van der Waals surface area (Å²) >= 11 is 0. The Morgan fingerprint density at radius 2 is 1.58 bits per heavy atom. The summed E-state index contributed by atoms with van der Waals surface area (Å²) in [5, 5.41) is 6.66. The minimum Gasteiger partial charge on any atom is -0.340 e. The van der Waals surface area contributed by atoms with Crippen molar-refractivity contribution in [2.24, 2.45) is 0 Å². The number of benzene rings is 2. The van der Waals surface area contributed by atoms with Crippen LogP contribution in [0, 0.1) is 6.92 Å². The van der Waals surface area contributed by atoms with Crippen molar-refractivity contribution in [3.05, 3.63) is 83.5 Å². The van der Waals surface area contributed by atoms with Gasteiger partial charge in [-0.15, -0.1) is 0 Å². The summed E-state index contributed by atoms with van der Waals surface area (Å²) in [4.78, 5) is 31.3. The van der Waals surface area contributed by atoms with Gasteiger partial charge in [0, 0.05) is 6.92 Å². The molecule has 1 aliphatic heterocycles. The number of amides is 3. The van der Waals surface area contributed by atoms with E-state index in [4.69, 9.17) is 4.52 Å². The number of nitrogens with zero attached hydrogens (tertiary/aromatic N) is 3. The van der Waals surface area contributed by atoms with Crippen molar-refractivity contribution < 1.29 is 14.1 Å². The fourth-order valence-corrected chi connectivity index (χ4v) is 3.20. The number of carbonyl (C=O) groups is 2. The van der Waals surface area contributed by atoms with Gasteiger partial charge in [0.1, 0.15) is 0 Å². The Labute approximate surface area is 149 Å². The molecule has 1 aliphatic rings. The van der Waals surface area contributed by atoms with Crippen molar-refractivity contribution in [2.45, 2.75) is 19.0 Å². The molecule has 0 bridgehead atoms. The largest absolute Gasteiger partial charge is 0.340 e. The van der Waals surface area contributed by atoms with Gasteiger partial charge >= 0.3 is 6.03 Å². The van der Waals surface area contributed by atoms with E-state index in [9.17, 15) is 9.59 Å². The lowest BCUT2D eigenvalue weighted by Crippen LogP contribution is -2.45. The van der Waals surface area contributed by atoms with Gasteiger partial charge in [-0.25, -0.2) is 4.79 Å². The van der Waals surface area contributed by atoms with Gasteiger partial charge in [0.25, 0.3) is 5.91 Å². The summed E-state index contributed by atoms with van der Waals surface area (Å²) < 4.78 is 4.94. The second kappa shape index (κ2) is 6.11. The molecule has 2 heterocycles. The number of hydrogen-bond donors (Lipinski definition) is 1. The van der Waals surface area contributed by atoms with Gasteiger partial charge in [-0.2, -0.15) is 4.98 Å². The van der Waals surface area contributed by atoms with Gasteiger partial charge in [-0.05, 0) is 11.1 Å². The first-order valence-corrected chi connectivity index (χ1v) is 8.15. The Bertz CT molecular complexity index is 914. The van der Waals surface area contributed by atoms with Crippen LogP contribution in [0.5, 0.6) is 0 Å². The highest BCUT2D eigenvalue weighted by molar-refractivity contribution is 6.09. The minimum atomic E-state index is -1.28. The summed E-state index contributed by atoms with van der Waals surface area (Å²) in [6.07, 6.45) is 0. The molecule has 3 amide bonds. The van der Waals surface area contributed by atoms with E-state index >= 15 is 0 Å². The van der Waals surface area contributed by atoms with E-state index in [1.54, 1.807) is 6.92 Å². The lowest BCUT2D eigenvalue weighted by atomic mass is 9.82. The third-order valence-electron chi connectivity index (χ3n) is 4.39. The topological polar surface area (TPSA) is 88.3 Å². The molecule has 0 spiro atoms. The lowest BCUT2D eigenvalue weighted by Gasteiger charge is -2.27. The molecule has 0 aliphatic carbocycles. The molecule has 0 unspecified atom stereocenters. The molecule has 7 nitrogen and oxygen atoms in total. The predicted octanol–water partition coefficient (Wildman–Crippen LogP) is 2.37. The lowest BCUT2D eigenvalue weighted by molar-refractivity contribution is -0.130. The molecule has 1 N–H and O–H groups in total. The van der Waals surface area contributed by atoms with Gasteiger partial charge in [0.15, 0.2) is 11.4 Å². The third-order valence-corrected chi connectivity index (χ3v) is 4.39. The first-order valence-electron chi connectivity index (χ1n) is 8.15. The minimum absolute atomic E-state index is 0.0522. The van der Waals surface area contributed by atoms with E-state index in [0.717, 1.165) is 4.90 Å². The molecule has 1 aromatic heterocycles. The standard InChI is InChI=1S/C19H16N4O3/c1-13-20-16(22-26-13)12-23-17(24)19(21-18(23)25,14-8-4-2-5-9-14)15-10-6-3-7-11-15/h2-11H,12H2,1H3,(H,21,25).